The van der Waals surface area contributed by atoms with Crippen LogP contribution in [0.3, 0.4) is 0 Å². The highest BCUT2D eigenvalue weighted by Gasteiger charge is 2.47. The molecule has 19 heavy (non-hydrogen) atoms. The smallest absolute Gasteiger partial charge is 0.314 e. The molecule has 2 rings (SSSR count). The Morgan fingerprint density at radius 2 is 2.32 bits per heavy atom. The van der Waals surface area contributed by atoms with Crippen LogP contribution in [-0.4, -0.2) is 43.3 Å². The summed E-state index contributed by atoms with van der Waals surface area (Å²) in [6, 6.07) is 0. The van der Waals surface area contributed by atoms with E-state index in [9.17, 15) is 9.90 Å². The lowest BCUT2D eigenvalue weighted by molar-refractivity contribution is -0.565. The SMILES string of the molecule is CC1(C(=O)O)COOOC1CCOC1CCCCO1. The third-order valence-electron chi connectivity index (χ3n) is 3.58. The highest BCUT2D eigenvalue weighted by Crippen LogP contribution is 2.31. The number of carboxylic acids is 1. The fraction of sp³-hybridized carbons (Fsp3) is 0.917. The van der Waals surface area contributed by atoms with Crippen molar-refractivity contribution in [2.45, 2.75) is 45.0 Å². The average molecular weight is 276 g/mol. The maximum absolute atomic E-state index is 11.3. The Kier molecular flexibility index (Phi) is 5.12. The summed E-state index contributed by atoms with van der Waals surface area (Å²) in [6.45, 7) is 2.60. The molecule has 2 fully saturated rings. The first kappa shape index (κ1) is 14.7. The van der Waals surface area contributed by atoms with Crippen LogP contribution in [0, 0.1) is 5.41 Å². The summed E-state index contributed by atoms with van der Waals surface area (Å²) in [4.78, 5) is 20.8. The molecule has 0 aliphatic carbocycles. The van der Waals surface area contributed by atoms with E-state index >= 15 is 0 Å². The first-order valence-electron chi connectivity index (χ1n) is 6.54. The molecule has 0 amide bonds. The van der Waals surface area contributed by atoms with Crippen molar-refractivity contribution in [3.05, 3.63) is 0 Å². The Balaban J connectivity index is 1.78. The Bertz CT molecular complexity index is 302. The van der Waals surface area contributed by atoms with Gasteiger partial charge in [-0.15, -0.1) is 0 Å². The highest BCUT2D eigenvalue weighted by molar-refractivity contribution is 5.75. The topological polar surface area (TPSA) is 83.5 Å². The normalized spacial score (nSPS) is 36.1. The van der Waals surface area contributed by atoms with E-state index in [0.29, 0.717) is 19.6 Å². The van der Waals surface area contributed by atoms with E-state index in [0.717, 1.165) is 19.3 Å². The third-order valence-corrected chi connectivity index (χ3v) is 3.58. The molecule has 7 heteroatoms. The van der Waals surface area contributed by atoms with Crippen molar-refractivity contribution < 1.29 is 34.2 Å². The summed E-state index contributed by atoms with van der Waals surface area (Å²) in [5.74, 6) is -0.977. The molecule has 0 bridgehead atoms. The van der Waals surface area contributed by atoms with Crippen LogP contribution in [0.1, 0.15) is 32.6 Å². The number of ether oxygens (including phenoxy) is 2. The molecule has 0 aromatic carbocycles. The first-order chi connectivity index (χ1) is 9.13. The van der Waals surface area contributed by atoms with Crippen molar-refractivity contribution in [1.29, 1.82) is 0 Å². The fourth-order valence-corrected chi connectivity index (χ4v) is 2.14. The molecule has 0 aromatic heterocycles. The van der Waals surface area contributed by atoms with E-state index in [4.69, 9.17) is 14.4 Å². The van der Waals surface area contributed by atoms with E-state index in [1.54, 1.807) is 6.92 Å². The zero-order chi connectivity index (χ0) is 13.7. The summed E-state index contributed by atoms with van der Waals surface area (Å²) in [5, 5.41) is 13.7. The lowest BCUT2D eigenvalue weighted by atomic mass is 9.83. The van der Waals surface area contributed by atoms with Crippen LogP contribution in [0.2, 0.25) is 0 Å². The summed E-state index contributed by atoms with van der Waals surface area (Å²) in [7, 11) is 0. The Morgan fingerprint density at radius 3 is 3.00 bits per heavy atom. The molecule has 2 aliphatic heterocycles. The molecule has 0 spiro atoms. The molecular formula is C12H20O7. The summed E-state index contributed by atoms with van der Waals surface area (Å²) >= 11 is 0. The standard InChI is InChI=1S/C12H20O7/c1-12(11(13)14)8-17-19-18-9(12)5-7-16-10-4-2-3-6-15-10/h9-10H,2-8H2,1H3,(H,13,14). The summed E-state index contributed by atoms with van der Waals surface area (Å²) < 4.78 is 11.0. The van der Waals surface area contributed by atoms with E-state index in [1.165, 1.54) is 0 Å². The average Bonchev–Trinajstić information content (AvgIpc) is 2.42. The van der Waals surface area contributed by atoms with Crippen molar-refractivity contribution in [3.63, 3.8) is 0 Å². The van der Waals surface area contributed by atoms with Crippen LogP contribution in [0.15, 0.2) is 0 Å². The second kappa shape index (κ2) is 6.62. The van der Waals surface area contributed by atoms with Gasteiger partial charge in [0.15, 0.2) is 6.29 Å². The Morgan fingerprint density at radius 1 is 1.47 bits per heavy atom. The predicted octanol–water partition coefficient (Wildman–Crippen LogP) is 1.27. The number of hydrogen-bond donors (Lipinski definition) is 1. The molecule has 0 radical (unpaired) electrons. The monoisotopic (exact) mass is 276 g/mol. The molecule has 2 saturated heterocycles. The third kappa shape index (κ3) is 3.64. The maximum atomic E-state index is 11.3. The minimum Gasteiger partial charge on any atom is -0.481 e. The second-order valence-corrected chi connectivity index (χ2v) is 5.09. The van der Waals surface area contributed by atoms with Gasteiger partial charge in [-0.2, -0.15) is 0 Å². The van der Waals surface area contributed by atoms with Gasteiger partial charge < -0.3 is 14.6 Å². The molecular weight excluding hydrogens is 256 g/mol. The minimum atomic E-state index is -1.13. The van der Waals surface area contributed by atoms with E-state index in [-0.39, 0.29) is 12.9 Å². The fourth-order valence-electron chi connectivity index (χ4n) is 2.14. The number of aliphatic carboxylic acids is 1. The minimum absolute atomic E-state index is 0.0487. The van der Waals surface area contributed by atoms with Gasteiger partial charge in [0.25, 0.3) is 0 Å². The van der Waals surface area contributed by atoms with Gasteiger partial charge >= 0.3 is 5.97 Å². The summed E-state index contributed by atoms with van der Waals surface area (Å²) in [5.41, 5.74) is -1.13. The van der Waals surface area contributed by atoms with Gasteiger partial charge in [-0.25, -0.2) is 9.78 Å². The summed E-state index contributed by atoms with van der Waals surface area (Å²) in [6.07, 6.45) is 2.64. The van der Waals surface area contributed by atoms with Crippen LogP contribution < -0.4 is 0 Å². The Hall–Kier alpha value is -0.730. The molecule has 2 aliphatic rings. The zero-order valence-electron chi connectivity index (χ0n) is 11.0. The molecule has 2 heterocycles. The molecule has 110 valence electrons. The molecule has 0 aromatic rings. The zero-order valence-corrected chi connectivity index (χ0v) is 11.0. The quantitative estimate of drug-likeness (QED) is 0.757. The van der Waals surface area contributed by atoms with Crippen LogP contribution in [0.4, 0.5) is 0 Å². The molecule has 0 saturated carbocycles. The van der Waals surface area contributed by atoms with Gasteiger partial charge in [0.05, 0.1) is 6.61 Å². The number of rotatable bonds is 5. The lowest BCUT2D eigenvalue weighted by Crippen LogP contribution is -2.49. The number of carboxylic acid groups (broad SMARTS) is 1. The van der Waals surface area contributed by atoms with E-state index < -0.39 is 17.5 Å². The van der Waals surface area contributed by atoms with E-state index in [1.807, 2.05) is 0 Å². The largest absolute Gasteiger partial charge is 0.481 e. The maximum Gasteiger partial charge on any atom is 0.314 e. The van der Waals surface area contributed by atoms with Gasteiger partial charge in [-0.3, -0.25) is 4.79 Å². The first-order valence-corrected chi connectivity index (χ1v) is 6.54. The lowest BCUT2D eigenvalue weighted by Gasteiger charge is -2.35. The number of carbonyl (C=O) groups is 1. The van der Waals surface area contributed by atoms with Crippen molar-refractivity contribution in [2.24, 2.45) is 5.41 Å². The van der Waals surface area contributed by atoms with Crippen LogP contribution in [0.25, 0.3) is 0 Å². The van der Waals surface area contributed by atoms with Gasteiger partial charge in [-0.1, -0.05) is 5.04 Å². The van der Waals surface area contributed by atoms with Crippen LogP contribution in [-0.2, 0) is 29.1 Å². The van der Waals surface area contributed by atoms with Crippen molar-refractivity contribution in [1.82, 2.24) is 0 Å². The number of hydrogen-bond acceptors (Lipinski definition) is 6. The van der Waals surface area contributed by atoms with Crippen LogP contribution in [0.5, 0.6) is 0 Å². The van der Waals surface area contributed by atoms with Gasteiger partial charge in [-0.05, 0) is 26.2 Å². The second-order valence-electron chi connectivity index (χ2n) is 5.09. The van der Waals surface area contributed by atoms with E-state index in [2.05, 4.69) is 9.93 Å². The molecule has 3 unspecified atom stereocenters. The highest BCUT2D eigenvalue weighted by atomic mass is 17.5. The van der Waals surface area contributed by atoms with Crippen molar-refractivity contribution in [3.8, 4) is 0 Å². The molecule has 3 atom stereocenters. The van der Waals surface area contributed by atoms with Crippen molar-refractivity contribution in [2.75, 3.05) is 19.8 Å². The predicted molar refractivity (Wildman–Crippen MR) is 61.8 cm³/mol. The van der Waals surface area contributed by atoms with Gasteiger partial charge in [0.2, 0.25) is 0 Å². The van der Waals surface area contributed by atoms with Crippen LogP contribution >= 0.6 is 0 Å². The van der Waals surface area contributed by atoms with Crippen molar-refractivity contribution >= 4 is 5.97 Å². The van der Waals surface area contributed by atoms with Gasteiger partial charge in [0, 0.05) is 13.0 Å². The van der Waals surface area contributed by atoms with Gasteiger partial charge in [0.1, 0.15) is 18.1 Å². The Labute approximate surface area is 111 Å². The molecule has 7 nitrogen and oxygen atoms in total. The molecule has 1 N–H and O–H groups in total.